The van der Waals surface area contributed by atoms with Gasteiger partial charge in [-0.2, -0.15) is 0 Å². The Balaban J connectivity index is 2.23. The quantitative estimate of drug-likeness (QED) is 0.632. The molecule has 1 aromatic carbocycles. The molecular formula is C12H11N3O2S. The number of non-ortho nitro benzene ring substituents is 1. The fraction of sp³-hybridized carbons (Fsp3) is 0.250. The standard InChI is InChI=1S/C12H11N3O2S/c13-12-14-11-9-6-8(15(16)17)5-4-7(9)2-1-3-10(11)18-12/h4-6H,1-3H2,(H2,13,14). The number of nitro benzene ring substituents is 1. The smallest absolute Gasteiger partial charge is 0.270 e. The third-order valence-electron chi connectivity index (χ3n) is 3.12. The number of nitro groups is 1. The van der Waals surface area contributed by atoms with E-state index >= 15 is 0 Å². The first-order valence-corrected chi connectivity index (χ1v) is 6.49. The van der Waals surface area contributed by atoms with Crippen LogP contribution in [0, 0.1) is 10.1 Å². The van der Waals surface area contributed by atoms with Crippen molar-refractivity contribution >= 4 is 22.2 Å². The minimum absolute atomic E-state index is 0.105. The summed E-state index contributed by atoms with van der Waals surface area (Å²) in [4.78, 5) is 15.9. The van der Waals surface area contributed by atoms with Crippen LogP contribution < -0.4 is 5.73 Å². The molecule has 5 nitrogen and oxygen atoms in total. The van der Waals surface area contributed by atoms with Gasteiger partial charge in [-0.1, -0.05) is 6.07 Å². The molecule has 0 fully saturated rings. The second-order valence-corrected chi connectivity index (χ2v) is 5.39. The number of fused-ring (bicyclic) bond motifs is 3. The maximum atomic E-state index is 10.9. The number of hydrogen-bond acceptors (Lipinski definition) is 5. The summed E-state index contributed by atoms with van der Waals surface area (Å²) in [5.74, 6) is 0. The van der Waals surface area contributed by atoms with Gasteiger partial charge in [0.05, 0.1) is 10.6 Å². The molecule has 1 aliphatic rings. The van der Waals surface area contributed by atoms with Crippen molar-refractivity contribution in [1.29, 1.82) is 0 Å². The van der Waals surface area contributed by atoms with Crippen LogP contribution in [0.15, 0.2) is 18.2 Å². The van der Waals surface area contributed by atoms with Crippen LogP contribution in [0.4, 0.5) is 10.8 Å². The van der Waals surface area contributed by atoms with E-state index < -0.39 is 0 Å². The van der Waals surface area contributed by atoms with Crippen LogP contribution in [0.5, 0.6) is 0 Å². The van der Waals surface area contributed by atoms with E-state index in [4.69, 9.17) is 5.73 Å². The zero-order chi connectivity index (χ0) is 12.7. The van der Waals surface area contributed by atoms with E-state index in [1.807, 2.05) is 6.07 Å². The van der Waals surface area contributed by atoms with E-state index in [1.165, 1.54) is 11.3 Å². The van der Waals surface area contributed by atoms with Crippen molar-refractivity contribution in [2.45, 2.75) is 19.3 Å². The second kappa shape index (κ2) is 4.06. The van der Waals surface area contributed by atoms with Gasteiger partial charge in [0.1, 0.15) is 0 Å². The zero-order valence-electron chi connectivity index (χ0n) is 9.55. The fourth-order valence-corrected chi connectivity index (χ4v) is 3.19. The molecule has 0 bridgehead atoms. The molecule has 0 atom stereocenters. The van der Waals surface area contributed by atoms with Gasteiger partial charge in [0.15, 0.2) is 5.13 Å². The van der Waals surface area contributed by atoms with Gasteiger partial charge >= 0.3 is 0 Å². The summed E-state index contributed by atoms with van der Waals surface area (Å²) < 4.78 is 0. The lowest BCUT2D eigenvalue weighted by atomic mass is 10.0. The van der Waals surface area contributed by atoms with Gasteiger partial charge in [-0.05, 0) is 24.8 Å². The van der Waals surface area contributed by atoms with Crippen LogP contribution in [0.2, 0.25) is 0 Å². The zero-order valence-corrected chi connectivity index (χ0v) is 10.4. The Labute approximate surface area is 107 Å². The predicted molar refractivity (Wildman–Crippen MR) is 70.6 cm³/mol. The molecule has 0 aliphatic heterocycles. The number of benzene rings is 1. The van der Waals surface area contributed by atoms with Gasteiger partial charge in [0, 0.05) is 22.6 Å². The van der Waals surface area contributed by atoms with Crippen LogP contribution in [-0.2, 0) is 12.8 Å². The van der Waals surface area contributed by atoms with Crippen LogP contribution in [0.1, 0.15) is 16.9 Å². The SMILES string of the molecule is Nc1nc2c(s1)CCCc1ccc([N+](=O)[O-])cc1-2. The number of aryl methyl sites for hydroxylation is 2. The van der Waals surface area contributed by atoms with E-state index in [9.17, 15) is 10.1 Å². The van der Waals surface area contributed by atoms with Crippen molar-refractivity contribution in [2.24, 2.45) is 0 Å². The molecule has 6 heteroatoms. The summed E-state index contributed by atoms with van der Waals surface area (Å²) in [6, 6.07) is 5.00. The molecule has 0 spiro atoms. The lowest BCUT2D eigenvalue weighted by Gasteiger charge is -2.04. The molecule has 1 aliphatic carbocycles. The van der Waals surface area contributed by atoms with Crippen molar-refractivity contribution in [2.75, 3.05) is 5.73 Å². The monoisotopic (exact) mass is 261 g/mol. The lowest BCUT2D eigenvalue weighted by molar-refractivity contribution is -0.384. The molecule has 2 aromatic rings. The Morgan fingerprint density at radius 3 is 3.00 bits per heavy atom. The highest BCUT2D eigenvalue weighted by Gasteiger charge is 2.21. The molecule has 2 N–H and O–H groups in total. The maximum absolute atomic E-state index is 10.9. The summed E-state index contributed by atoms with van der Waals surface area (Å²) in [7, 11) is 0. The first kappa shape index (κ1) is 11.2. The van der Waals surface area contributed by atoms with Crippen LogP contribution in [0.25, 0.3) is 11.3 Å². The van der Waals surface area contributed by atoms with E-state index in [2.05, 4.69) is 4.98 Å². The minimum atomic E-state index is -0.374. The molecular weight excluding hydrogens is 250 g/mol. The largest absolute Gasteiger partial charge is 0.375 e. The number of anilines is 1. The molecule has 1 heterocycles. The van der Waals surface area contributed by atoms with Gasteiger partial charge in [-0.25, -0.2) is 4.98 Å². The highest BCUT2D eigenvalue weighted by Crippen LogP contribution is 2.37. The number of thiazole rings is 1. The molecule has 3 rings (SSSR count). The fourth-order valence-electron chi connectivity index (χ4n) is 2.31. The van der Waals surface area contributed by atoms with Gasteiger partial charge in [-0.15, -0.1) is 11.3 Å². The van der Waals surface area contributed by atoms with Crippen LogP contribution in [0.3, 0.4) is 0 Å². The Morgan fingerprint density at radius 1 is 1.39 bits per heavy atom. The minimum Gasteiger partial charge on any atom is -0.375 e. The molecule has 92 valence electrons. The van der Waals surface area contributed by atoms with E-state index in [-0.39, 0.29) is 10.6 Å². The third-order valence-corrected chi connectivity index (χ3v) is 4.07. The van der Waals surface area contributed by atoms with Crippen LogP contribution >= 0.6 is 11.3 Å². The highest BCUT2D eigenvalue weighted by atomic mass is 32.1. The van der Waals surface area contributed by atoms with Crippen molar-refractivity contribution in [3.63, 3.8) is 0 Å². The van der Waals surface area contributed by atoms with Gasteiger partial charge in [0.25, 0.3) is 5.69 Å². The van der Waals surface area contributed by atoms with Gasteiger partial charge < -0.3 is 5.73 Å². The topological polar surface area (TPSA) is 82.0 Å². The van der Waals surface area contributed by atoms with Crippen LogP contribution in [-0.4, -0.2) is 9.91 Å². The number of nitrogen functional groups attached to an aromatic ring is 1. The maximum Gasteiger partial charge on any atom is 0.270 e. The number of rotatable bonds is 1. The molecule has 0 amide bonds. The normalized spacial score (nSPS) is 13.6. The van der Waals surface area contributed by atoms with Crippen molar-refractivity contribution in [3.8, 4) is 11.3 Å². The average molecular weight is 261 g/mol. The summed E-state index contributed by atoms with van der Waals surface area (Å²) in [5.41, 5.74) is 8.65. The highest BCUT2D eigenvalue weighted by molar-refractivity contribution is 7.15. The molecule has 0 radical (unpaired) electrons. The molecule has 0 unspecified atom stereocenters. The van der Waals surface area contributed by atoms with E-state index in [1.54, 1.807) is 12.1 Å². The number of nitrogens with two attached hydrogens (primary N) is 1. The average Bonchev–Trinajstić information content (AvgIpc) is 2.62. The summed E-state index contributed by atoms with van der Waals surface area (Å²) in [5, 5.41) is 11.4. The Morgan fingerprint density at radius 2 is 2.22 bits per heavy atom. The Bertz CT molecular complexity index is 636. The second-order valence-electron chi connectivity index (χ2n) is 4.28. The Kier molecular flexibility index (Phi) is 2.52. The number of aromatic nitrogens is 1. The first-order valence-electron chi connectivity index (χ1n) is 5.68. The number of nitrogens with zero attached hydrogens (tertiary/aromatic N) is 2. The molecule has 18 heavy (non-hydrogen) atoms. The van der Waals surface area contributed by atoms with Crippen molar-refractivity contribution < 1.29 is 4.92 Å². The first-order chi connectivity index (χ1) is 8.65. The molecule has 0 saturated carbocycles. The van der Waals surface area contributed by atoms with Crippen molar-refractivity contribution in [3.05, 3.63) is 38.8 Å². The summed E-state index contributed by atoms with van der Waals surface area (Å²) in [6.45, 7) is 0. The Hall–Kier alpha value is -1.95. The molecule has 0 saturated heterocycles. The van der Waals surface area contributed by atoms with E-state index in [0.29, 0.717) is 5.13 Å². The number of hydrogen-bond donors (Lipinski definition) is 1. The van der Waals surface area contributed by atoms with Crippen molar-refractivity contribution in [1.82, 2.24) is 4.98 Å². The molecule has 1 aromatic heterocycles. The lowest BCUT2D eigenvalue weighted by Crippen LogP contribution is -1.93. The van der Waals surface area contributed by atoms with Gasteiger partial charge in [0.2, 0.25) is 0 Å². The van der Waals surface area contributed by atoms with Gasteiger partial charge in [-0.3, -0.25) is 10.1 Å². The third kappa shape index (κ3) is 1.74. The van der Waals surface area contributed by atoms with E-state index in [0.717, 1.165) is 41.0 Å². The summed E-state index contributed by atoms with van der Waals surface area (Å²) >= 11 is 1.48. The summed E-state index contributed by atoms with van der Waals surface area (Å²) in [6.07, 6.45) is 2.89. The predicted octanol–water partition coefficient (Wildman–Crippen LogP) is 2.79.